The van der Waals surface area contributed by atoms with E-state index in [9.17, 15) is 9.90 Å². The van der Waals surface area contributed by atoms with E-state index in [2.05, 4.69) is 25.9 Å². The third-order valence-corrected chi connectivity index (χ3v) is 4.13. The normalized spacial score (nSPS) is 12.2. The van der Waals surface area contributed by atoms with E-state index in [0.29, 0.717) is 27.9 Å². The fourth-order valence-electron chi connectivity index (χ4n) is 2.56. The van der Waals surface area contributed by atoms with Crippen LogP contribution in [0.1, 0.15) is 24.7 Å². The molecular weight excluding hydrogens is 376 g/mol. The van der Waals surface area contributed by atoms with Crippen molar-refractivity contribution in [3.63, 3.8) is 0 Å². The smallest absolute Gasteiger partial charge is 0.337 e. The van der Waals surface area contributed by atoms with Crippen LogP contribution in [0.3, 0.4) is 0 Å². The zero-order chi connectivity index (χ0) is 16.7. The maximum absolute atomic E-state index is 11.7. The number of hydrogen-bond acceptors (Lipinski definition) is 6. The van der Waals surface area contributed by atoms with Crippen LogP contribution < -0.4 is 5.73 Å². The van der Waals surface area contributed by atoms with Crippen molar-refractivity contribution in [1.29, 1.82) is 0 Å². The number of carbonyl (C=O) groups excluding carboxylic acids is 1. The molecule has 0 spiro atoms. The highest BCUT2D eigenvalue weighted by Crippen LogP contribution is 2.31. The number of halogens is 1. The summed E-state index contributed by atoms with van der Waals surface area (Å²) in [5, 5.41) is 10.5. The SMILES string of the molecule is C.COC(=O)c1ccc2c(c1)nc(N)c1nc(Br)n(C[C@H](C)O)c12. The quantitative estimate of drug-likeness (QED) is 0.661. The molecule has 24 heavy (non-hydrogen) atoms. The first-order valence-electron chi connectivity index (χ1n) is 6.93. The fourth-order valence-corrected chi connectivity index (χ4v) is 3.06. The summed E-state index contributed by atoms with van der Waals surface area (Å²) in [5.74, 6) is -0.175. The maximum atomic E-state index is 11.7. The van der Waals surface area contributed by atoms with Crippen molar-refractivity contribution >= 4 is 49.7 Å². The minimum atomic E-state index is -0.553. The lowest BCUT2D eigenvalue weighted by Gasteiger charge is -2.11. The second-order valence-electron chi connectivity index (χ2n) is 5.26. The van der Waals surface area contributed by atoms with Crippen LogP contribution in [0.2, 0.25) is 0 Å². The van der Waals surface area contributed by atoms with Gasteiger partial charge in [-0.25, -0.2) is 14.8 Å². The summed E-state index contributed by atoms with van der Waals surface area (Å²) in [5.41, 5.74) is 8.28. The number of pyridine rings is 1. The standard InChI is InChI=1S/C15H15BrN4O3.CH4/c1-7(21)6-20-12-9-4-3-8(14(22)23-2)5-10(9)18-13(17)11(12)19-15(20)16;/h3-5,7,21H,6H2,1-2H3,(H2,17,18);1H4/t7-;/m0./s1. The minimum Gasteiger partial charge on any atom is -0.465 e. The van der Waals surface area contributed by atoms with Crippen molar-refractivity contribution in [3.8, 4) is 0 Å². The molecule has 0 saturated carbocycles. The average Bonchev–Trinajstić information content (AvgIpc) is 2.83. The van der Waals surface area contributed by atoms with Crippen molar-refractivity contribution in [3.05, 3.63) is 28.5 Å². The Balaban J connectivity index is 0.00000208. The first-order chi connectivity index (χ1) is 10.9. The lowest BCUT2D eigenvalue weighted by molar-refractivity contribution is 0.0601. The van der Waals surface area contributed by atoms with Crippen molar-refractivity contribution in [2.45, 2.75) is 27.0 Å². The summed E-state index contributed by atoms with van der Waals surface area (Å²) in [4.78, 5) is 20.4. The Bertz CT molecular complexity index is 921. The third-order valence-electron chi connectivity index (χ3n) is 3.53. The van der Waals surface area contributed by atoms with Crippen LogP contribution in [-0.2, 0) is 11.3 Å². The topological polar surface area (TPSA) is 103 Å². The fraction of sp³-hybridized carbons (Fsp3) is 0.312. The molecule has 2 heterocycles. The van der Waals surface area contributed by atoms with Gasteiger partial charge in [0.05, 0.1) is 36.4 Å². The van der Waals surface area contributed by atoms with Crippen LogP contribution in [0.25, 0.3) is 21.9 Å². The van der Waals surface area contributed by atoms with Gasteiger partial charge in [0.15, 0.2) is 10.6 Å². The van der Waals surface area contributed by atoms with Gasteiger partial charge >= 0.3 is 5.97 Å². The number of ether oxygens (including phenoxy) is 1. The van der Waals surface area contributed by atoms with Gasteiger partial charge in [-0.05, 0) is 41.1 Å². The number of aliphatic hydroxyl groups excluding tert-OH is 1. The number of methoxy groups -OCH3 is 1. The Morgan fingerprint density at radius 3 is 2.79 bits per heavy atom. The predicted octanol–water partition coefficient (Wildman–Crippen LogP) is 2.73. The van der Waals surface area contributed by atoms with Crippen LogP contribution in [0, 0.1) is 0 Å². The van der Waals surface area contributed by atoms with Crippen LogP contribution in [-0.4, -0.2) is 38.8 Å². The van der Waals surface area contributed by atoms with E-state index in [4.69, 9.17) is 10.5 Å². The molecule has 0 amide bonds. The van der Waals surface area contributed by atoms with Gasteiger partial charge in [-0.2, -0.15) is 0 Å². The van der Waals surface area contributed by atoms with Crippen LogP contribution in [0.4, 0.5) is 5.82 Å². The lowest BCUT2D eigenvalue weighted by Crippen LogP contribution is -2.12. The third kappa shape index (κ3) is 2.94. The van der Waals surface area contributed by atoms with Gasteiger partial charge in [0, 0.05) is 5.39 Å². The van der Waals surface area contributed by atoms with Gasteiger partial charge in [0.1, 0.15) is 5.52 Å². The lowest BCUT2D eigenvalue weighted by atomic mass is 10.1. The molecule has 0 aliphatic rings. The van der Waals surface area contributed by atoms with Gasteiger partial charge in [-0.15, -0.1) is 0 Å². The van der Waals surface area contributed by atoms with Gasteiger partial charge in [-0.3, -0.25) is 0 Å². The molecule has 0 aliphatic carbocycles. The molecule has 0 radical (unpaired) electrons. The molecular formula is C16H19BrN4O3. The summed E-state index contributed by atoms with van der Waals surface area (Å²) in [6.45, 7) is 2.05. The maximum Gasteiger partial charge on any atom is 0.337 e. The number of aliphatic hydroxyl groups is 1. The van der Waals surface area contributed by atoms with Crippen molar-refractivity contribution in [2.24, 2.45) is 0 Å². The summed E-state index contributed by atoms with van der Waals surface area (Å²) >= 11 is 3.39. The zero-order valence-electron chi connectivity index (χ0n) is 12.6. The second-order valence-corrected chi connectivity index (χ2v) is 5.97. The van der Waals surface area contributed by atoms with E-state index in [1.165, 1.54) is 7.11 Å². The molecule has 0 fully saturated rings. The summed E-state index contributed by atoms with van der Waals surface area (Å²) in [7, 11) is 1.33. The van der Waals surface area contributed by atoms with E-state index in [0.717, 1.165) is 10.9 Å². The molecule has 1 aromatic carbocycles. The highest BCUT2D eigenvalue weighted by molar-refractivity contribution is 9.10. The average molecular weight is 395 g/mol. The first-order valence-corrected chi connectivity index (χ1v) is 7.73. The van der Waals surface area contributed by atoms with Gasteiger partial charge < -0.3 is 20.1 Å². The number of nitrogen functional groups attached to an aromatic ring is 1. The van der Waals surface area contributed by atoms with Crippen molar-refractivity contribution in [2.75, 3.05) is 12.8 Å². The molecule has 3 aromatic rings. The number of carbonyl (C=O) groups is 1. The zero-order valence-corrected chi connectivity index (χ0v) is 14.2. The highest BCUT2D eigenvalue weighted by atomic mass is 79.9. The summed E-state index contributed by atoms with van der Waals surface area (Å²) < 4.78 is 7.12. The first kappa shape index (κ1) is 18.2. The van der Waals surface area contributed by atoms with Gasteiger partial charge in [0.25, 0.3) is 0 Å². The Kier molecular flexibility index (Phi) is 5.10. The van der Waals surface area contributed by atoms with Gasteiger partial charge in [-0.1, -0.05) is 7.43 Å². The highest BCUT2D eigenvalue weighted by Gasteiger charge is 2.18. The molecule has 7 nitrogen and oxygen atoms in total. The minimum absolute atomic E-state index is 0. The number of fused-ring (bicyclic) bond motifs is 3. The molecule has 0 saturated heterocycles. The van der Waals surface area contributed by atoms with E-state index in [1.807, 2.05) is 4.57 Å². The molecule has 0 aliphatic heterocycles. The molecule has 2 aromatic heterocycles. The Morgan fingerprint density at radius 1 is 1.46 bits per heavy atom. The van der Waals surface area contributed by atoms with Crippen molar-refractivity contribution < 1.29 is 14.6 Å². The predicted molar refractivity (Wildman–Crippen MR) is 96.9 cm³/mol. The number of hydrogen-bond donors (Lipinski definition) is 2. The Labute approximate surface area is 147 Å². The molecule has 8 heteroatoms. The van der Waals surface area contributed by atoms with Crippen LogP contribution in [0.5, 0.6) is 0 Å². The number of rotatable bonds is 3. The summed E-state index contributed by atoms with van der Waals surface area (Å²) in [6.07, 6.45) is -0.553. The molecule has 3 rings (SSSR count). The number of anilines is 1. The second kappa shape index (κ2) is 6.74. The van der Waals surface area contributed by atoms with Crippen LogP contribution >= 0.6 is 15.9 Å². The number of esters is 1. The van der Waals surface area contributed by atoms with E-state index in [-0.39, 0.29) is 13.2 Å². The number of nitrogens with zero attached hydrogens (tertiary/aromatic N) is 3. The number of aromatic nitrogens is 3. The Hall–Kier alpha value is -2.19. The number of nitrogens with two attached hydrogens (primary N) is 1. The van der Waals surface area contributed by atoms with Crippen LogP contribution in [0.15, 0.2) is 22.9 Å². The molecule has 3 N–H and O–H groups in total. The van der Waals surface area contributed by atoms with Gasteiger partial charge in [0.2, 0.25) is 0 Å². The number of benzene rings is 1. The monoisotopic (exact) mass is 394 g/mol. The molecule has 1 atom stereocenters. The summed E-state index contributed by atoms with van der Waals surface area (Å²) in [6, 6.07) is 5.08. The van der Waals surface area contributed by atoms with Crippen molar-refractivity contribution in [1.82, 2.24) is 14.5 Å². The number of imidazole rings is 1. The largest absolute Gasteiger partial charge is 0.465 e. The molecule has 0 unspecified atom stereocenters. The van der Waals surface area contributed by atoms with E-state index in [1.54, 1.807) is 25.1 Å². The molecule has 0 bridgehead atoms. The van der Waals surface area contributed by atoms with E-state index < -0.39 is 12.1 Å². The Morgan fingerprint density at radius 2 is 2.17 bits per heavy atom. The molecule has 128 valence electrons. The van der Waals surface area contributed by atoms with E-state index >= 15 is 0 Å².